The summed E-state index contributed by atoms with van der Waals surface area (Å²) >= 11 is 0. The van der Waals surface area contributed by atoms with Gasteiger partial charge < -0.3 is 5.32 Å². The monoisotopic (exact) mass is 341 g/mol. The number of nitro groups is 1. The summed E-state index contributed by atoms with van der Waals surface area (Å²) in [7, 11) is 0. The van der Waals surface area contributed by atoms with Crippen LogP contribution in [0.1, 0.15) is 35.3 Å². The first kappa shape index (κ1) is 18.6. The lowest BCUT2D eigenvalue weighted by Crippen LogP contribution is -2.23. The molecular weight excluding hydrogens is 318 g/mol. The van der Waals surface area contributed by atoms with Gasteiger partial charge in [0, 0.05) is 30.8 Å². The van der Waals surface area contributed by atoms with Crippen molar-refractivity contribution in [3.63, 3.8) is 0 Å². The van der Waals surface area contributed by atoms with Gasteiger partial charge in [0.05, 0.1) is 4.92 Å². The zero-order chi connectivity index (χ0) is 18.2. The Morgan fingerprint density at radius 3 is 2.32 bits per heavy atom. The number of hydrogen-bond acceptors (Lipinski definition) is 4. The van der Waals surface area contributed by atoms with Gasteiger partial charge in [-0.15, -0.1) is 0 Å². The smallest absolute Gasteiger partial charge is 0.270 e. The van der Waals surface area contributed by atoms with Gasteiger partial charge in [-0.2, -0.15) is 0 Å². The summed E-state index contributed by atoms with van der Waals surface area (Å²) in [4.78, 5) is 24.7. The van der Waals surface area contributed by atoms with E-state index in [0.717, 1.165) is 25.2 Å². The van der Waals surface area contributed by atoms with E-state index in [9.17, 15) is 14.9 Å². The van der Waals surface area contributed by atoms with Gasteiger partial charge in [-0.1, -0.05) is 44.2 Å². The van der Waals surface area contributed by atoms with E-state index in [4.69, 9.17) is 0 Å². The van der Waals surface area contributed by atoms with Crippen LogP contribution >= 0.6 is 0 Å². The topological polar surface area (TPSA) is 75.5 Å². The molecule has 1 amide bonds. The summed E-state index contributed by atoms with van der Waals surface area (Å²) in [6.07, 6.45) is 0. The Morgan fingerprint density at radius 2 is 1.72 bits per heavy atom. The second kappa shape index (κ2) is 8.94. The summed E-state index contributed by atoms with van der Waals surface area (Å²) in [6.45, 7) is 7.60. The molecular formula is C19H23N3O3. The summed E-state index contributed by atoms with van der Waals surface area (Å²) < 4.78 is 0. The van der Waals surface area contributed by atoms with Crippen LogP contribution in [-0.2, 0) is 13.1 Å². The number of carbonyl (C=O) groups excluding carboxylic acids is 1. The number of rotatable bonds is 8. The molecule has 0 spiro atoms. The van der Waals surface area contributed by atoms with Crippen molar-refractivity contribution < 1.29 is 9.72 Å². The number of benzene rings is 2. The van der Waals surface area contributed by atoms with Crippen molar-refractivity contribution in [2.75, 3.05) is 13.1 Å². The second-order valence-electron chi connectivity index (χ2n) is 5.77. The molecule has 0 aliphatic heterocycles. The highest BCUT2D eigenvalue weighted by atomic mass is 16.6. The summed E-state index contributed by atoms with van der Waals surface area (Å²) in [5.74, 6) is -0.323. The molecule has 0 bridgehead atoms. The van der Waals surface area contributed by atoms with Crippen LogP contribution in [0.2, 0.25) is 0 Å². The molecule has 132 valence electrons. The Balaban J connectivity index is 1.93. The van der Waals surface area contributed by atoms with Crippen molar-refractivity contribution in [3.8, 4) is 0 Å². The molecule has 0 fully saturated rings. The molecule has 2 rings (SSSR count). The number of nitrogens with zero attached hydrogens (tertiary/aromatic N) is 2. The standard InChI is InChI=1S/C19H23N3O3/c1-3-21(4-2)14-16-10-8-15(9-11-16)13-20-19(23)17-6-5-7-18(12-17)22(24)25/h5-12H,3-4,13-14H2,1-2H3,(H,20,23). The summed E-state index contributed by atoms with van der Waals surface area (Å²) in [6, 6.07) is 13.8. The minimum absolute atomic E-state index is 0.0894. The molecule has 0 aliphatic rings. The molecule has 25 heavy (non-hydrogen) atoms. The lowest BCUT2D eigenvalue weighted by Gasteiger charge is -2.18. The Kier molecular flexibility index (Phi) is 6.65. The third-order valence-electron chi connectivity index (χ3n) is 4.10. The fourth-order valence-corrected chi connectivity index (χ4v) is 2.51. The fourth-order valence-electron chi connectivity index (χ4n) is 2.51. The van der Waals surface area contributed by atoms with E-state index in [0.29, 0.717) is 6.54 Å². The number of hydrogen-bond donors (Lipinski definition) is 1. The largest absolute Gasteiger partial charge is 0.348 e. The highest BCUT2D eigenvalue weighted by Crippen LogP contribution is 2.13. The van der Waals surface area contributed by atoms with Gasteiger partial charge in [0.2, 0.25) is 0 Å². The molecule has 0 radical (unpaired) electrons. The molecule has 0 aliphatic carbocycles. The number of nitro benzene ring substituents is 1. The lowest BCUT2D eigenvalue weighted by atomic mass is 10.1. The maximum absolute atomic E-state index is 12.1. The van der Waals surface area contributed by atoms with Gasteiger partial charge in [-0.05, 0) is 30.3 Å². The van der Waals surface area contributed by atoms with Crippen LogP contribution in [0.3, 0.4) is 0 Å². The van der Waals surface area contributed by atoms with Gasteiger partial charge >= 0.3 is 0 Å². The van der Waals surface area contributed by atoms with Gasteiger partial charge in [-0.25, -0.2) is 0 Å². The van der Waals surface area contributed by atoms with Gasteiger partial charge in [0.15, 0.2) is 0 Å². The Labute approximate surface area is 147 Å². The van der Waals surface area contributed by atoms with E-state index in [-0.39, 0.29) is 17.2 Å². The second-order valence-corrected chi connectivity index (χ2v) is 5.77. The number of non-ortho nitro benzene ring substituents is 1. The van der Waals surface area contributed by atoms with E-state index in [1.54, 1.807) is 6.07 Å². The van der Waals surface area contributed by atoms with Crippen molar-refractivity contribution in [1.82, 2.24) is 10.2 Å². The van der Waals surface area contributed by atoms with Crippen molar-refractivity contribution in [2.45, 2.75) is 26.9 Å². The molecule has 0 aromatic heterocycles. The average molecular weight is 341 g/mol. The van der Waals surface area contributed by atoms with Crippen molar-refractivity contribution in [2.24, 2.45) is 0 Å². The molecule has 1 N–H and O–H groups in total. The molecule has 0 unspecified atom stereocenters. The Hall–Kier alpha value is -2.73. The zero-order valence-electron chi connectivity index (χ0n) is 14.6. The first-order valence-electron chi connectivity index (χ1n) is 8.36. The van der Waals surface area contributed by atoms with Crippen LogP contribution in [0.15, 0.2) is 48.5 Å². The van der Waals surface area contributed by atoms with E-state index < -0.39 is 4.92 Å². The van der Waals surface area contributed by atoms with Crippen LogP contribution in [-0.4, -0.2) is 28.8 Å². The minimum Gasteiger partial charge on any atom is -0.348 e. The van der Waals surface area contributed by atoms with E-state index in [2.05, 4.69) is 36.2 Å². The maximum Gasteiger partial charge on any atom is 0.270 e. The van der Waals surface area contributed by atoms with Crippen LogP contribution in [0.25, 0.3) is 0 Å². The molecule has 2 aromatic carbocycles. The van der Waals surface area contributed by atoms with Crippen LogP contribution in [0.4, 0.5) is 5.69 Å². The molecule has 0 atom stereocenters. The van der Waals surface area contributed by atoms with Gasteiger partial charge in [-0.3, -0.25) is 19.8 Å². The zero-order valence-corrected chi connectivity index (χ0v) is 14.6. The predicted molar refractivity (Wildman–Crippen MR) is 97.3 cm³/mol. The van der Waals surface area contributed by atoms with E-state index in [1.165, 1.54) is 23.8 Å². The van der Waals surface area contributed by atoms with Crippen molar-refractivity contribution in [1.29, 1.82) is 0 Å². The third kappa shape index (κ3) is 5.39. The number of carbonyl (C=O) groups is 1. The lowest BCUT2D eigenvalue weighted by molar-refractivity contribution is -0.384. The normalized spacial score (nSPS) is 10.7. The van der Waals surface area contributed by atoms with Crippen LogP contribution < -0.4 is 5.32 Å². The van der Waals surface area contributed by atoms with Gasteiger partial charge in [0.25, 0.3) is 11.6 Å². The molecule has 2 aromatic rings. The van der Waals surface area contributed by atoms with Crippen LogP contribution in [0.5, 0.6) is 0 Å². The van der Waals surface area contributed by atoms with E-state index in [1.807, 2.05) is 12.1 Å². The fraction of sp³-hybridized carbons (Fsp3) is 0.316. The van der Waals surface area contributed by atoms with Crippen molar-refractivity contribution in [3.05, 3.63) is 75.3 Å². The first-order chi connectivity index (χ1) is 12.0. The highest BCUT2D eigenvalue weighted by molar-refractivity contribution is 5.94. The average Bonchev–Trinajstić information content (AvgIpc) is 2.65. The first-order valence-corrected chi connectivity index (χ1v) is 8.36. The minimum atomic E-state index is -0.509. The van der Waals surface area contributed by atoms with Crippen molar-refractivity contribution >= 4 is 11.6 Å². The molecule has 6 heteroatoms. The molecule has 6 nitrogen and oxygen atoms in total. The number of nitrogens with one attached hydrogen (secondary N) is 1. The summed E-state index contributed by atoms with van der Waals surface area (Å²) in [5.41, 5.74) is 2.42. The number of amides is 1. The quantitative estimate of drug-likeness (QED) is 0.590. The Morgan fingerprint density at radius 1 is 1.08 bits per heavy atom. The highest BCUT2D eigenvalue weighted by Gasteiger charge is 2.11. The van der Waals surface area contributed by atoms with Crippen LogP contribution in [0, 0.1) is 10.1 Å². The third-order valence-corrected chi connectivity index (χ3v) is 4.10. The van der Waals surface area contributed by atoms with E-state index >= 15 is 0 Å². The SMILES string of the molecule is CCN(CC)Cc1ccc(CNC(=O)c2cccc([N+](=O)[O-])c2)cc1. The maximum atomic E-state index is 12.1. The summed E-state index contributed by atoms with van der Waals surface area (Å²) in [5, 5.41) is 13.6. The predicted octanol–water partition coefficient (Wildman–Crippen LogP) is 3.37. The molecule has 0 saturated carbocycles. The Bertz CT molecular complexity index is 725. The van der Waals surface area contributed by atoms with Gasteiger partial charge in [0.1, 0.15) is 0 Å². The molecule has 0 saturated heterocycles. The molecule has 0 heterocycles.